The molecule has 3 fully saturated rings. The lowest BCUT2D eigenvalue weighted by atomic mass is 9.60. The number of halogens is 1. The molecule has 0 N–H and O–H groups in total. The fraction of sp³-hybridized carbons (Fsp3) is 0.424. The Bertz CT molecular complexity index is 1920. The number of nitrogens with zero attached hydrogens (tertiary/aromatic N) is 7. The molecule has 10 nitrogen and oxygen atoms in total. The van der Waals surface area contributed by atoms with Crippen LogP contribution in [-0.2, 0) is 23.5 Å². The number of sulfonamides is 1. The molecule has 4 aromatic rings. The van der Waals surface area contributed by atoms with Gasteiger partial charge in [-0.25, -0.2) is 17.5 Å². The number of allylic oxidation sites excluding steroid dienone is 1. The number of pyridine rings is 1. The van der Waals surface area contributed by atoms with Crippen molar-refractivity contribution in [1.82, 2.24) is 34.1 Å². The zero-order valence-electron chi connectivity index (χ0n) is 25.0. The predicted octanol–water partition coefficient (Wildman–Crippen LogP) is 4.87. The Kier molecular flexibility index (Phi) is 6.65. The van der Waals surface area contributed by atoms with Crippen LogP contribution in [0.2, 0.25) is 0 Å². The van der Waals surface area contributed by atoms with Gasteiger partial charge in [0.1, 0.15) is 11.5 Å². The second-order valence-electron chi connectivity index (χ2n) is 13.0. The van der Waals surface area contributed by atoms with E-state index in [1.54, 1.807) is 34.4 Å². The minimum atomic E-state index is -3.95. The van der Waals surface area contributed by atoms with Crippen LogP contribution >= 0.6 is 0 Å². The highest BCUT2D eigenvalue weighted by Gasteiger charge is 2.52. The van der Waals surface area contributed by atoms with Gasteiger partial charge in [0.2, 0.25) is 5.03 Å². The van der Waals surface area contributed by atoms with Crippen LogP contribution in [0.4, 0.5) is 4.39 Å². The van der Waals surface area contributed by atoms with Crippen molar-refractivity contribution in [3.63, 3.8) is 0 Å². The van der Waals surface area contributed by atoms with E-state index >= 15 is 0 Å². The van der Waals surface area contributed by atoms with Gasteiger partial charge in [-0.05, 0) is 111 Å². The first-order valence-electron chi connectivity index (χ1n) is 15.6. The number of carbonyl (C=O) groups is 1. The quantitative estimate of drug-likeness (QED) is 0.243. The number of aromatic nitrogens is 6. The average molecular weight is 628 g/mol. The normalized spacial score (nSPS) is 23.0. The monoisotopic (exact) mass is 627 g/mol. The molecule has 0 amide bonds. The molecule has 0 bridgehead atoms. The van der Waals surface area contributed by atoms with E-state index in [1.807, 2.05) is 24.4 Å². The molecule has 3 saturated carbocycles. The summed E-state index contributed by atoms with van der Waals surface area (Å²) in [5, 5.41) is 12.8. The molecule has 1 aromatic carbocycles. The molecule has 4 aliphatic rings. The third kappa shape index (κ3) is 5.04. The minimum absolute atomic E-state index is 0.0730. The maximum Gasteiger partial charge on any atom is 0.264 e. The zero-order valence-corrected chi connectivity index (χ0v) is 25.8. The van der Waals surface area contributed by atoms with Gasteiger partial charge in [-0.1, -0.05) is 11.6 Å². The Balaban J connectivity index is 1.20. The number of rotatable bonds is 9. The highest BCUT2D eigenvalue weighted by molar-refractivity contribution is 7.89. The summed E-state index contributed by atoms with van der Waals surface area (Å²) in [6, 6.07) is 9.62. The molecule has 12 heteroatoms. The van der Waals surface area contributed by atoms with Gasteiger partial charge in [0.15, 0.2) is 5.78 Å². The first kappa shape index (κ1) is 28.4. The number of carbonyl (C=O) groups excluding carboxylic acids is 1. The number of ketones is 1. The van der Waals surface area contributed by atoms with E-state index < -0.39 is 21.5 Å². The number of fused-ring (bicyclic) bond motifs is 2. The lowest BCUT2D eigenvalue weighted by molar-refractivity contribution is 0.0735. The van der Waals surface area contributed by atoms with Crippen LogP contribution in [0.15, 0.2) is 65.6 Å². The van der Waals surface area contributed by atoms with E-state index in [0.717, 1.165) is 53.8 Å². The van der Waals surface area contributed by atoms with E-state index in [2.05, 4.69) is 20.3 Å². The minimum Gasteiger partial charge on any atom is -0.291 e. The molecule has 0 spiro atoms. The van der Waals surface area contributed by atoms with Crippen molar-refractivity contribution >= 4 is 21.9 Å². The Morgan fingerprint density at radius 1 is 1.02 bits per heavy atom. The van der Waals surface area contributed by atoms with Crippen molar-refractivity contribution in [2.75, 3.05) is 6.54 Å². The van der Waals surface area contributed by atoms with Crippen molar-refractivity contribution in [2.45, 2.75) is 68.4 Å². The highest BCUT2D eigenvalue weighted by Crippen LogP contribution is 2.52. The summed E-state index contributed by atoms with van der Waals surface area (Å²) in [5.74, 6) is 0.396. The average Bonchev–Trinajstić information content (AvgIpc) is 3.98. The van der Waals surface area contributed by atoms with Gasteiger partial charge in [0.25, 0.3) is 10.0 Å². The lowest BCUT2D eigenvalue weighted by Gasteiger charge is -2.46. The summed E-state index contributed by atoms with van der Waals surface area (Å²) >= 11 is 0. The van der Waals surface area contributed by atoms with E-state index in [0.29, 0.717) is 49.8 Å². The topological polar surface area (TPSA) is 116 Å². The van der Waals surface area contributed by atoms with Crippen LogP contribution in [0.25, 0.3) is 11.8 Å². The number of aryl methyl sites for hydroxylation is 1. The van der Waals surface area contributed by atoms with E-state index in [9.17, 15) is 17.6 Å². The number of benzene rings is 1. The Labute approximate surface area is 261 Å². The van der Waals surface area contributed by atoms with Gasteiger partial charge < -0.3 is 0 Å². The summed E-state index contributed by atoms with van der Waals surface area (Å²) in [7, 11) is -2.35. The lowest BCUT2D eigenvalue weighted by Crippen LogP contribution is -2.51. The molecule has 0 saturated heterocycles. The van der Waals surface area contributed by atoms with Crippen molar-refractivity contribution in [1.29, 1.82) is 0 Å². The van der Waals surface area contributed by atoms with E-state index in [-0.39, 0.29) is 16.6 Å². The van der Waals surface area contributed by atoms with Crippen molar-refractivity contribution in [3.05, 3.63) is 88.9 Å². The molecule has 0 radical (unpaired) electrons. The first-order chi connectivity index (χ1) is 21.7. The molecule has 0 aliphatic heterocycles. The van der Waals surface area contributed by atoms with Crippen molar-refractivity contribution < 1.29 is 17.6 Å². The van der Waals surface area contributed by atoms with Crippen LogP contribution in [0.1, 0.15) is 78.2 Å². The van der Waals surface area contributed by atoms with E-state index in [1.165, 1.54) is 23.1 Å². The Morgan fingerprint density at radius 2 is 1.82 bits per heavy atom. The predicted molar refractivity (Wildman–Crippen MR) is 163 cm³/mol. The second kappa shape index (κ2) is 10.5. The molecular formula is C33H34FN7O3S. The van der Waals surface area contributed by atoms with Crippen LogP contribution < -0.4 is 0 Å². The number of hydrogen-bond donors (Lipinski definition) is 0. The fourth-order valence-electron chi connectivity index (χ4n) is 7.12. The summed E-state index contributed by atoms with van der Waals surface area (Å²) in [6.45, 7) is 0.398. The summed E-state index contributed by atoms with van der Waals surface area (Å²) in [5.41, 5.74) is 3.99. The summed E-state index contributed by atoms with van der Waals surface area (Å²) < 4.78 is 45.2. The van der Waals surface area contributed by atoms with E-state index in [4.69, 9.17) is 0 Å². The van der Waals surface area contributed by atoms with Gasteiger partial charge in [-0.15, -0.1) is 5.10 Å². The SMILES string of the molecule is Cn1ncc(S(=O)(=O)N(CC2CC2)[C@H]2CCC3=Cc4c(cnn4-c4ccc(F)cc4)C[C@]3(C(=O)c3ccc(C4CC4)cn3)C2)n1. The molecule has 232 valence electrons. The second-order valence-corrected chi connectivity index (χ2v) is 14.9. The summed E-state index contributed by atoms with van der Waals surface area (Å²) in [4.78, 5) is 20.7. The molecule has 3 aromatic heterocycles. The van der Waals surface area contributed by atoms with Crippen molar-refractivity contribution in [3.8, 4) is 5.69 Å². The van der Waals surface area contributed by atoms with Crippen molar-refractivity contribution in [2.24, 2.45) is 18.4 Å². The maximum absolute atomic E-state index is 14.7. The van der Waals surface area contributed by atoms with Crippen LogP contribution in [0.3, 0.4) is 0 Å². The molecule has 3 heterocycles. The van der Waals surface area contributed by atoms with Crippen LogP contribution in [-0.4, -0.2) is 60.9 Å². The van der Waals surface area contributed by atoms with Crippen LogP contribution in [0, 0.1) is 17.2 Å². The van der Waals surface area contributed by atoms with Crippen LogP contribution in [0.5, 0.6) is 0 Å². The molecule has 45 heavy (non-hydrogen) atoms. The summed E-state index contributed by atoms with van der Waals surface area (Å²) in [6.07, 6.45) is 13.0. The molecule has 8 rings (SSSR count). The number of hydrogen-bond acceptors (Lipinski definition) is 7. The molecule has 0 unspecified atom stereocenters. The van der Waals surface area contributed by atoms with Gasteiger partial charge in [0.05, 0.1) is 29.2 Å². The first-order valence-corrected chi connectivity index (χ1v) is 17.1. The molecular weight excluding hydrogens is 593 g/mol. The largest absolute Gasteiger partial charge is 0.291 e. The number of Topliss-reactive ketones (excluding diaryl/α,β-unsaturated/α-hetero) is 1. The molecule has 2 atom stereocenters. The Morgan fingerprint density at radius 3 is 2.49 bits per heavy atom. The smallest absolute Gasteiger partial charge is 0.264 e. The Hall–Kier alpha value is -4.03. The third-order valence-electron chi connectivity index (χ3n) is 9.90. The maximum atomic E-state index is 14.7. The third-order valence-corrected chi connectivity index (χ3v) is 11.7. The van der Waals surface area contributed by atoms with Gasteiger partial charge in [-0.2, -0.15) is 19.3 Å². The highest BCUT2D eigenvalue weighted by atomic mass is 32.2. The fourth-order valence-corrected chi connectivity index (χ4v) is 8.75. The van der Waals surface area contributed by atoms with Gasteiger partial charge in [-0.3, -0.25) is 9.78 Å². The standard InChI is InChI=1S/C33H34FN7O3S/c1-39-36-19-31(38-39)45(43,44)40(20-21-2-3-21)28-10-7-25-14-30-24(18-37-41(30)27-11-8-26(34)9-12-27)15-33(25,16-28)32(42)29-13-6-23(17-35-29)22-4-5-22/h6,8-9,11-14,17-19,21-22,28H,2-5,7,10,15-16,20H2,1H3/t28-,33-/m0/s1. The molecule has 4 aliphatic carbocycles. The van der Waals surface area contributed by atoms with Gasteiger partial charge in [0, 0.05) is 25.8 Å². The zero-order chi connectivity index (χ0) is 30.9. The van der Waals surface area contributed by atoms with Gasteiger partial charge >= 0.3 is 0 Å².